The van der Waals surface area contributed by atoms with Gasteiger partial charge in [-0.1, -0.05) is 28.1 Å². The Hall–Kier alpha value is -1.11. The molecule has 0 saturated carbocycles. The topological polar surface area (TPSA) is 59.3 Å². The van der Waals surface area contributed by atoms with Gasteiger partial charge in [-0.2, -0.15) is 0 Å². The first-order valence-corrected chi connectivity index (χ1v) is 8.76. The summed E-state index contributed by atoms with van der Waals surface area (Å²) in [5.41, 5.74) is 1.03. The van der Waals surface area contributed by atoms with Crippen molar-refractivity contribution in [1.82, 2.24) is 4.72 Å². The standard InChI is InChI=1S/C14H16BrNO3S/c1-10-3-8-14(19-10)11(2)16-20(17,18)13-6-4-12(9-15)5-7-13/h3-8,11,16H,9H2,1-2H3. The summed E-state index contributed by atoms with van der Waals surface area (Å²) >= 11 is 3.33. The molecule has 0 saturated heterocycles. The maximum Gasteiger partial charge on any atom is 0.241 e. The van der Waals surface area contributed by atoms with Gasteiger partial charge in [0, 0.05) is 5.33 Å². The van der Waals surface area contributed by atoms with E-state index in [1.165, 1.54) is 0 Å². The van der Waals surface area contributed by atoms with E-state index >= 15 is 0 Å². The van der Waals surface area contributed by atoms with Crippen molar-refractivity contribution in [2.45, 2.75) is 30.1 Å². The van der Waals surface area contributed by atoms with Crippen LogP contribution in [0.25, 0.3) is 0 Å². The number of hydrogen-bond donors (Lipinski definition) is 1. The zero-order valence-electron chi connectivity index (χ0n) is 11.3. The molecule has 20 heavy (non-hydrogen) atoms. The molecule has 1 aromatic heterocycles. The molecule has 1 N–H and O–H groups in total. The van der Waals surface area contributed by atoms with Gasteiger partial charge in [0.15, 0.2) is 0 Å². The molecule has 0 radical (unpaired) electrons. The highest BCUT2D eigenvalue weighted by atomic mass is 79.9. The van der Waals surface area contributed by atoms with E-state index in [1.807, 2.05) is 13.0 Å². The van der Waals surface area contributed by atoms with E-state index in [0.29, 0.717) is 11.1 Å². The van der Waals surface area contributed by atoms with Gasteiger partial charge in [0.2, 0.25) is 10.0 Å². The number of benzene rings is 1. The van der Waals surface area contributed by atoms with Gasteiger partial charge >= 0.3 is 0 Å². The van der Waals surface area contributed by atoms with Crippen molar-refractivity contribution in [3.63, 3.8) is 0 Å². The summed E-state index contributed by atoms with van der Waals surface area (Å²) in [6.45, 7) is 3.58. The van der Waals surface area contributed by atoms with Gasteiger partial charge in [-0.15, -0.1) is 0 Å². The highest BCUT2D eigenvalue weighted by molar-refractivity contribution is 9.08. The Labute approximate surface area is 127 Å². The molecule has 1 unspecified atom stereocenters. The lowest BCUT2D eigenvalue weighted by molar-refractivity contribution is 0.441. The SMILES string of the molecule is Cc1ccc(C(C)NS(=O)(=O)c2ccc(CBr)cc2)o1. The summed E-state index contributed by atoms with van der Waals surface area (Å²) in [7, 11) is -3.55. The summed E-state index contributed by atoms with van der Waals surface area (Å²) in [5, 5.41) is 0.697. The van der Waals surface area contributed by atoms with E-state index in [4.69, 9.17) is 4.42 Å². The third-order valence-corrected chi connectivity index (χ3v) is 5.11. The largest absolute Gasteiger partial charge is 0.465 e. The first-order chi connectivity index (χ1) is 9.42. The average molecular weight is 358 g/mol. The van der Waals surface area contributed by atoms with Crippen LogP contribution in [0, 0.1) is 6.92 Å². The van der Waals surface area contributed by atoms with Gasteiger partial charge < -0.3 is 4.42 Å². The summed E-state index contributed by atoms with van der Waals surface area (Å²) < 4.78 is 32.6. The highest BCUT2D eigenvalue weighted by Gasteiger charge is 2.20. The van der Waals surface area contributed by atoms with Crippen LogP contribution in [0.2, 0.25) is 0 Å². The van der Waals surface area contributed by atoms with Gasteiger partial charge in [-0.3, -0.25) is 0 Å². The average Bonchev–Trinajstić information content (AvgIpc) is 2.85. The molecule has 108 valence electrons. The van der Waals surface area contributed by atoms with E-state index < -0.39 is 16.1 Å². The van der Waals surface area contributed by atoms with Crippen molar-refractivity contribution in [3.05, 3.63) is 53.5 Å². The van der Waals surface area contributed by atoms with Crippen LogP contribution in [0.1, 0.15) is 30.0 Å². The molecule has 0 aliphatic heterocycles. The van der Waals surface area contributed by atoms with Crippen molar-refractivity contribution >= 4 is 26.0 Å². The molecule has 0 fully saturated rings. The second-order valence-electron chi connectivity index (χ2n) is 4.57. The fraction of sp³-hybridized carbons (Fsp3) is 0.286. The fourth-order valence-electron chi connectivity index (χ4n) is 1.80. The molecule has 2 rings (SSSR count). The van der Waals surface area contributed by atoms with Crippen molar-refractivity contribution < 1.29 is 12.8 Å². The minimum absolute atomic E-state index is 0.248. The van der Waals surface area contributed by atoms with Crippen LogP contribution in [0.3, 0.4) is 0 Å². The van der Waals surface area contributed by atoms with Crippen molar-refractivity contribution in [2.24, 2.45) is 0 Å². The summed E-state index contributed by atoms with van der Waals surface area (Å²) in [4.78, 5) is 0.248. The quantitative estimate of drug-likeness (QED) is 0.832. The van der Waals surface area contributed by atoms with Crippen LogP contribution in [0.5, 0.6) is 0 Å². The Morgan fingerprint density at radius 2 is 1.85 bits per heavy atom. The molecule has 1 atom stereocenters. The molecule has 1 aromatic carbocycles. The Balaban J connectivity index is 2.17. The third-order valence-electron chi connectivity index (χ3n) is 2.91. The van der Waals surface area contributed by atoms with Crippen LogP contribution in [0.4, 0.5) is 0 Å². The van der Waals surface area contributed by atoms with Crippen LogP contribution in [-0.4, -0.2) is 8.42 Å². The van der Waals surface area contributed by atoms with Gasteiger partial charge in [0.05, 0.1) is 10.9 Å². The minimum Gasteiger partial charge on any atom is -0.465 e. The summed E-state index contributed by atoms with van der Waals surface area (Å²) in [5.74, 6) is 1.36. The maximum absolute atomic E-state index is 12.3. The molecular weight excluding hydrogens is 342 g/mol. The molecule has 0 aliphatic rings. The summed E-state index contributed by atoms with van der Waals surface area (Å²) in [6.07, 6.45) is 0. The monoisotopic (exact) mass is 357 g/mol. The Kier molecular flexibility index (Phi) is 4.67. The van der Waals surface area contributed by atoms with E-state index in [0.717, 1.165) is 11.3 Å². The molecule has 0 amide bonds. The first kappa shape index (κ1) is 15.3. The van der Waals surface area contributed by atoms with Crippen molar-refractivity contribution in [3.8, 4) is 0 Å². The molecule has 1 heterocycles. The van der Waals surface area contributed by atoms with Crippen molar-refractivity contribution in [1.29, 1.82) is 0 Å². The summed E-state index contributed by atoms with van der Waals surface area (Å²) in [6, 6.07) is 9.93. The Bertz CT molecular complexity index is 677. The normalized spacial score (nSPS) is 13.3. The maximum atomic E-state index is 12.3. The number of halogens is 1. The molecule has 0 spiro atoms. The smallest absolute Gasteiger partial charge is 0.241 e. The van der Waals surface area contributed by atoms with Gasteiger partial charge in [-0.25, -0.2) is 13.1 Å². The van der Waals surface area contributed by atoms with Crippen LogP contribution < -0.4 is 4.72 Å². The third kappa shape index (κ3) is 3.50. The highest BCUT2D eigenvalue weighted by Crippen LogP contribution is 2.19. The predicted molar refractivity (Wildman–Crippen MR) is 81.3 cm³/mol. The zero-order chi connectivity index (χ0) is 14.8. The fourth-order valence-corrected chi connectivity index (χ4v) is 3.39. The molecule has 0 bridgehead atoms. The van der Waals surface area contributed by atoms with E-state index in [1.54, 1.807) is 37.3 Å². The Morgan fingerprint density at radius 1 is 1.20 bits per heavy atom. The number of alkyl halides is 1. The lowest BCUT2D eigenvalue weighted by Gasteiger charge is -2.12. The number of rotatable bonds is 5. The van der Waals surface area contributed by atoms with Crippen LogP contribution >= 0.6 is 15.9 Å². The first-order valence-electron chi connectivity index (χ1n) is 6.16. The van der Waals surface area contributed by atoms with Gasteiger partial charge in [-0.05, 0) is 43.7 Å². The van der Waals surface area contributed by atoms with Crippen LogP contribution in [0.15, 0.2) is 45.7 Å². The van der Waals surface area contributed by atoms with E-state index in [2.05, 4.69) is 20.7 Å². The molecule has 6 heteroatoms. The molecule has 4 nitrogen and oxygen atoms in total. The van der Waals surface area contributed by atoms with Gasteiger partial charge in [0.1, 0.15) is 11.5 Å². The molecule has 2 aromatic rings. The predicted octanol–water partition coefficient (Wildman–Crippen LogP) is 3.52. The Morgan fingerprint density at radius 3 is 2.35 bits per heavy atom. The van der Waals surface area contributed by atoms with Gasteiger partial charge in [0.25, 0.3) is 0 Å². The number of furan rings is 1. The number of hydrogen-bond acceptors (Lipinski definition) is 3. The number of sulfonamides is 1. The minimum atomic E-state index is -3.55. The lowest BCUT2D eigenvalue weighted by Crippen LogP contribution is -2.26. The van der Waals surface area contributed by atoms with Crippen molar-refractivity contribution in [2.75, 3.05) is 0 Å². The lowest BCUT2D eigenvalue weighted by atomic mass is 10.2. The van der Waals surface area contributed by atoms with Crippen LogP contribution in [-0.2, 0) is 15.4 Å². The second kappa shape index (κ2) is 6.11. The zero-order valence-corrected chi connectivity index (χ0v) is 13.7. The second-order valence-corrected chi connectivity index (χ2v) is 6.84. The van der Waals surface area contributed by atoms with E-state index in [-0.39, 0.29) is 4.90 Å². The number of aryl methyl sites for hydroxylation is 1. The number of nitrogens with one attached hydrogen (secondary N) is 1. The van der Waals surface area contributed by atoms with E-state index in [9.17, 15) is 8.42 Å². The molecule has 0 aliphatic carbocycles. The molecular formula is C14H16BrNO3S.